The van der Waals surface area contributed by atoms with Gasteiger partial charge in [-0.1, -0.05) is 18.5 Å². The second kappa shape index (κ2) is 2.71. The molecule has 0 fully saturated rings. The molecule has 0 aliphatic heterocycles. The van der Waals surface area contributed by atoms with Crippen LogP contribution >= 0.6 is 11.6 Å². The third kappa shape index (κ3) is 0.956. The third-order valence-electron chi connectivity index (χ3n) is 1.67. The summed E-state index contributed by atoms with van der Waals surface area (Å²) in [7, 11) is 0. The lowest BCUT2D eigenvalue weighted by atomic mass is 10.5. The van der Waals surface area contributed by atoms with E-state index in [1.807, 2.05) is 6.92 Å². The number of hydrogen-bond donors (Lipinski definition) is 0. The first-order valence-electron chi connectivity index (χ1n) is 3.66. The maximum atomic E-state index is 5.82. The maximum absolute atomic E-state index is 5.82. The van der Waals surface area contributed by atoms with E-state index in [0.29, 0.717) is 5.15 Å². The van der Waals surface area contributed by atoms with Crippen LogP contribution in [0.25, 0.3) is 5.52 Å². The van der Waals surface area contributed by atoms with Gasteiger partial charge in [0.25, 0.3) is 0 Å². The van der Waals surface area contributed by atoms with Crippen molar-refractivity contribution in [3.8, 4) is 0 Å². The Bertz CT molecular complexity index is 409. The molecule has 2 heterocycles. The van der Waals surface area contributed by atoms with Gasteiger partial charge in [0.1, 0.15) is 17.7 Å². The van der Waals surface area contributed by atoms with E-state index in [1.54, 1.807) is 10.7 Å². The smallest absolute Gasteiger partial charge is 0.158 e. The molecule has 2 rings (SSSR count). The van der Waals surface area contributed by atoms with Crippen molar-refractivity contribution >= 4 is 17.1 Å². The molecule has 0 saturated heterocycles. The Kier molecular flexibility index (Phi) is 1.69. The molecule has 2 aromatic heterocycles. The summed E-state index contributed by atoms with van der Waals surface area (Å²) in [6.45, 7) is 2.02. The Morgan fingerprint density at radius 2 is 2.33 bits per heavy atom. The van der Waals surface area contributed by atoms with Crippen LogP contribution in [0.1, 0.15) is 12.7 Å². The Balaban J connectivity index is 2.80. The second-order valence-corrected chi connectivity index (χ2v) is 2.73. The van der Waals surface area contributed by atoms with Gasteiger partial charge in [0.05, 0.1) is 6.20 Å². The highest BCUT2D eigenvalue weighted by molar-refractivity contribution is 6.32. The fraction of sp³-hybridized carbons (Fsp3) is 0.286. The van der Waals surface area contributed by atoms with E-state index < -0.39 is 0 Å². The lowest BCUT2D eigenvalue weighted by Gasteiger charge is -1.95. The number of imidazole rings is 1. The molecule has 4 nitrogen and oxygen atoms in total. The molecular weight excluding hydrogens is 176 g/mol. The van der Waals surface area contributed by atoms with Crippen molar-refractivity contribution in [2.75, 3.05) is 0 Å². The van der Waals surface area contributed by atoms with Crippen molar-refractivity contribution in [1.82, 2.24) is 19.6 Å². The molecule has 0 bridgehead atoms. The fourth-order valence-corrected chi connectivity index (χ4v) is 1.26. The fourth-order valence-electron chi connectivity index (χ4n) is 1.09. The molecule has 0 aliphatic carbocycles. The number of aryl methyl sites for hydroxylation is 1. The Labute approximate surface area is 74.2 Å². The Morgan fingerprint density at radius 3 is 3.08 bits per heavy atom. The predicted octanol–water partition coefficient (Wildman–Crippen LogP) is 1.34. The monoisotopic (exact) mass is 182 g/mol. The van der Waals surface area contributed by atoms with E-state index in [2.05, 4.69) is 15.1 Å². The van der Waals surface area contributed by atoms with Crippen LogP contribution in [0.3, 0.4) is 0 Å². The van der Waals surface area contributed by atoms with Crippen molar-refractivity contribution in [1.29, 1.82) is 0 Å². The van der Waals surface area contributed by atoms with Gasteiger partial charge in [-0.05, 0) is 0 Å². The van der Waals surface area contributed by atoms with Crippen LogP contribution in [0.2, 0.25) is 5.15 Å². The minimum atomic E-state index is 0.442. The van der Waals surface area contributed by atoms with Gasteiger partial charge in [0.15, 0.2) is 5.15 Å². The normalized spacial score (nSPS) is 10.8. The molecule has 0 atom stereocenters. The summed E-state index contributed by atoms with van der Waals surface area (Å²) in [5, 5.41) is 4.47. The highest BCUT2D eigenvalue weighted by Crippen LogP contribution is 2.13. The lowest BCUT2D eigenvalue weighted by molar-refractivity contribution is 0.811. The minimum Gasteiger partial charge on any atom is -0.239 e. The molecule has 0 aliphatic rings. The van der Waals surface area contributed by atoms with Gasteiger partial charge in [-0.25, -0.2) is 14.5 Å². The molecule has 2 aromatic rings. The van der Waals surface area contributed by atoms with Crippen molar-refractivity contribution in [2.24, 2.45) is 0 Å². The molecule has 0 N–H and O–H groups in total. The molecule has 12 heavy (non-hydrogen) atoms. The van der Waals surface area contributed by atoms with Crippen LogP contribution in [0.15, 0.2) is 12.5 Å². The molecule has 62 valence electrons. The first-order chi connectivity index (χ1) is 5.83. The number of rotatable bonds is 1. The molecule has 0 unspecified atom stereocenters. The van der Waals surface area contributed by atoms with Crippen molar-refractivity contribution < 1.29 is 0 Å². The van der Waals surface area contributed by atoms with Crippen molar-refractivity contribution in [3.63, 3.8) is 0 Å². The molecule has 5 heteroatoms. The highest BCUT2D eigenvalue weighted by atomic mass is 35.5. The van der Waals surface area contributed by atoms with Gasteiger partial charge in [-0.3, -0.25) is 0 Å². The number of fused-ring (bicyclic) bond motifs is 1. The van der Waals surface area contributed by atoms with Crippen LogP contribution < -0.4 is 0 Å². The molecule has 0 saturated carbocycles. The highest BCUT2D eigenvalue weighted by Gasteiger charge is 2.05. The summed E-state index contributed by atoms with van der Waals surface area (Å²) in [6.07, 6.45) is 3.94. The molecule has 0 spiro atoms. The molecule has 0 radical (unpaired) electrons. The zero-order valence-electron chi connectivity index (χ0n) is 6.53. The van der Waals surface area contributed by atoms with Crippen molar-refractivity contribution in [3.05, 3.63) is 23.5 Å². The van der Waals surface area contributed by atoms with Crippen LogP contribution in [0, 0.1) is 0 Å². The summed E-state index contributed by atoms with van der Waals surface area (Å²) >= 11 is 5.82. The summed E-state index contributed by atoms with van der Waals surface area (Å²) in [5.41, 5.74) is 0.760. The number of hydrogen-bond acceptors (Lipinski definition) is 3. The average molecular weight is 183 g/mol. The Morgan fingerprint density at radius 1 is 1.50 bits per heavy atom. The van der Waals surface area contributed by atoms with E-state index in [1.165, 1.54) is 6.33 Å². The summed E-state index contributed by atoms with van der Waals surface area (Å²) in [5.74, 6) is 0.898. The average Bonchev–Trinajstić information content (AvgIpc) is 2.49. The van der Waals surface area contributed by atoms with Crippen LogP contribution in [0.4, 0.5) is 0 Å². The second-order valence-electron chi connectivity index (χ2n) is 2.38. The van der Waals surface area contributed by atoms with Gasteiger partial charge >= 0.3 is 0 Å². The van der Waals surface area contributed by atoms with E-state index in [-0.39, 0.29) is 0 Å². The molecule has 0 amide bonds. The van der Waals surface area contributed by atoms with Crippen LogP contribution in [-0.4, -0.2) is 19.6 Å². The van der Waals surface area contributed by atoms with E-state index >= 15 is 0 Å². The maximum Gasteiger partial charge on any atom is 0.158 e. The molecular formula is C7H7ClN4. The quantitative estimate of drug-likeness (QED) is 0.669. The number of halogens is 1. The van der Waals surface area contributed by atoms with Gasteiger partial charge < -0.3 is 0 Å². The number of aromatic nitrogens is 4. The summed E-state index contributed by atoms with van der Waals surface area (Å²) in [6, 6.07) is 0. The topological polar surface area (TPSA) is 43.1 Å². The zero-order valence-corrected chi connectivity index (χ0v) is 7.28. The largest absolute Gasteiger partial charge is 0.239 e. The van der Waals surface area contributed by atoms with E-state index in [4.69, 9.17) is 11.6 Å². The Hall–Kier alpha value is -1.16. The van der Waals surface area contributed by atoms with Crippen LogP contribution in [-0.2, 0) is 6.42 Å². The van der Waals surface area contributed by atoms with Crippen LogP contribution in [0.5, 0.6) is 0 Å². The van der Waals surface area contributed by atoms with Gasteiger partial charge in [0, 0.05) is 6.42 Å². The first kappa shape index (κ1) is 7.49. The summed E-state index contributed by atoms with van der Waals surface area (Å²) in [4.78, 5) is 8.00. The number of nitrogens with zero attached hydrogens (tertiary/aromatic N) is 4. The predicted molar refractivity (Wildman–Crippen MR) is 45.2 cm³/mol. The van der Waals surface area contributed by atoms with E-state index in [9.17, 15) is 0 Å². The third-order valence-corrected chi connectivity index (χ3v) is 1.97. The molecule has 0 aromatic carbocycles. The minimum absolute atomic E-state index is 0.442. The standard InChI is InChI=1S/C7H7ClN4/c1-2-6-9-3-5-7(8)10-4-11-12(5)6/h3-4H,2H2,1H3. The van der Waals surface area contributed by atoms with E-state index in [0.717, 1.165) is 17.8 Å². The summed E-state index contributed by atoms with van der Waals surface area (Å²) < 4.78 is 1.70. The lowest BCUT2D eigenvalue weighted by Crippen LogP contribution is -1.97. The van der Waals surface area contributed by atoms with Gasteiger partial charge in [0.2, 0.25) is 0 Å². The zero-order chi connectivity index (χ0) is 8.55. The van der Waals surface area contributed by atoms with Gasteiger partial charge in [-0.15, -0.1) is 0 Å². The first-order valence-corrected chi connectivity index (χ1v) is 4.04. The van der Waals surface area contributed by atoms with Gasteiger partial charge in [-0.2, -0.15) is 5.10 Å². The SMILES string of the molecule is CCc1ncc2c(Cl)ncnn12. The van der Waals surface area contributed by atoms with Crippen molar-refractivity contribution in [2.45, 2.75) is 13.3 Å².